The Morgan fingerprint density at radius 1 is 1.57 bits per heavy atom. The Morgan fingerprint density at radius 2 is 2.33 bits per heavy atom. The van der Waals surface area contributed by atoms with Crippen molar-refractivity contribution < 1.29 is 14.3 Å². The van der Waals surface area contributed by atoms with Crippen LogP contribution in [0.5, 0.6) is 0 Å². The van der Waals surface area contributed by atoms with E-state index in [4.69, 9.17) is 16.3 Å². The van der Waals surface area contributed by atoms with E-state index in [1.165, 1.54) is 6.20 Å². The van der Waals surface area contributed by atoms with Crippen molar-refractivity contribution in [3.63, 3.8) is 0 Å². The second-order valence-corrected chi connectivity index (χ2v) is 6.11. The van der Waals surface area contributed by atoms with Crippen LogP contribution in [0.2, 0.25) is 5.15 Å². The molecule has 7 heteroatoms. The van der Waals surface area contributed by atoms with Gasteiger partial charge < -0.3 is 9.64 Å². The molecule has 5 nitrogen and oxygen atoms in total. The molecule has 1 amide bonds. The Morgan fingerprint density at radius 3 is 3.05 bits per heavy atom. The molecule has 1 aromatic rings. The molecule has 1 atom stereocenters. The molecule has 21 heavy (non-hydrogen) atoms. The number of amides is 1. The molecule has 2 heterocycles. The first-order valence-corrected chi connectivity index (χ1v) is 7.97. The molecule has 0 saturated carbocycles. The Hall–Kier alpha value is -1.14. The zero-order valence-corrected chi connectivity index (χ0v) is 14.0. The number of hydrogen-bond donors (Lipinski definition) is 0. The summed E-state index contributed by atoms with van der Waals surface area (Å²) < 4.78 is 5.72. The lowest BCUT2D eigenvalue weighted by atomic mass is 9.97. The van der Waals surface area contributed by atoms with Crippen LogP contribution < -0.4 is 0 Å². The highest BCUT2D eigenvalue weighted by Crippen LogP contribution is 2.24. The summed E-state index contributed by atoms with van der Waals surface area (Å²) in [6, 6.07) is 1.64. The van der Waals surface area contributed by atoms with E-state index in [1.807, 2.05) is 0 Å². The van der Waals surface area contributed by atoms with Crippen LogP contribution in [0.4, 0.5) is 0 Å². The van der Waals surface area contributed by atoms with E-state index in [9.17, 15) is 9.59 Å². The van der Waals surface area contributed by atoms with E-state index in [0.717, 1.165) is 12.8 Å². The van der Waals surface area contributed by atoms with E-state index in [-0.39, 0.29) is 22.9 Å². The number of carbonyl (C=O) groups excluding carboxylic acids is 2. The van der Waals surface area contributed by atoms with Gasteiger partial charge in [-0.3, -0.25) is 9.59 Å². The molecule has 0 bridgehead atoms. The van der Waals surface area contributed by atoms with Crippen LogP contribution in [0.25, 0.3) is 0 Å². The number of piperidine rings is 1. The number of rotatable bonds is 3. The molecule has 0 radical (unpaired) electrons. The van der Waals surface area contributed by atoms with Crippen molar-refractivity contribution in [2.75, 3.05) is 19.7 Å². The predicted molar refractivity (Wildman–Crippen MR) is 82.2 cm³/mol. The third kappa shape index (κ3) is 3.95. The number of carbonyl (C=O) groups is 2. The van der Waals surface area contributed by atoms with Crippen molar-refractivity contribution in [2.45, 2.75) is 19.8 Å². The molecule has 1 aliphatic heterocycles. The van der Waals surface area contributed by atoms with Gasteiger partial charge in [0.25, 0.3) is 5.91 Å². The lowest BCUT2D eigenvalue weighted by Crippen LogP contribution is -2.43. The normalized spacial score (nSPS) is 18.4. The smallest absolute Gasteiger partial charge is 0.310 e. The van der Waals surface area contributed by atoms with Crippen LogP contribution in [-0.2, 0) is 9.53 Å². The average molecular weight is 376 g/mol. The van der Waals surface area contributed by atoms with Crippen LogP contribution in [0, 0.1) is 5.92 Å². The van der Waals surface area contributed by atoms with E-state index in [0.29, 0.717) is 29.7 Å². The van der Waals surface area contributed by atoms with Gasteiger partial charge in [-0.1, -0.05) is 11.6 Å². The molecule has 2 rings (SSSR count). The second-order valence-electron chi connectivity index (χ2n) is 4.83. The number of pyridine rings is 1. The van der Waals surface area contributed by atoms with Crippen molar-refractivity contribution in [2.24, 2.45) is 5.92 Å². The zero-order chi connectivity index (χ0) is 15.4. The maximum atomic E-state index is 12.5. The number of ether oxygens (including phenoxy) is 1. The van der Waals surface area contributed by atoms with Gasteiger partial charge in [-0.2, -0.15) is 0 Å². The van der Waals surface area contributed by atoms with Gasteiger partial charge in [-0.25, -0.2) is 4.98 Å². The monoisotopic (exact) mass is 374 g/mol. The van der Waals surface area contributed by atoms with Crippen LogP contribution in [0.3, 0.4) is 0 Å². The van der Waals surface area contributed by atoms with E-state index < -0.39 is 0 Å². The van der Waals surface area contributed by atoms with Crippen LogP contribution in [0.15, 0.2) is 16.7 Å². The van der Waals surface area contributed by atoms with Gasteiger partial charge in [-0.15, -0.1) is 0 Å². The molecule has 114 valence electrons. The van der Waals surface area contributed by atoms with E-state index in [1.54, 1.807) is 17.9 Å². The van der Waals surface area contributed by atoms with Crippen molar-refractivity contribution in [1.29, 1.82) is 0 Å². The molecule has 1 fully saturated rings. The predicted octanol–water partition coefficient (Wildman–Crippen LogP) is 2.91. The summed E-state index contributed by atoms with van der Waals surface area (Å²) in [4.78, 5) is 29.9. The van der Waals surface area contributed by atoms with Crippen LogP contribution in [0.1, 0.15) is 30.1 Å². The number of halogens is 2. The molecule has 0 N–H and O–H groups in total. The third-order valence-electron chi connectivity index (χ3n) is 3.36. The summed E-state index contributed by atoms with van der Waals surface area (Å²) in [5.41, 5.74) is 0.343. The minimum absolute atomic E-state index is 0.168. The molecule has 1 aliphatic rings. The highest BCUT2D eigenvalue weighted by atomic mass is 79.9. The maximum absolute atomic E-state index is 12.5. The van der Waals surface area contributed by atoms with Gasteiger partial charge in [0, 0.05) is 23.8 Å². The third-order valence-corrected chi connectivity index (χ3v) is 4.10. The molecule has 0 aliphatic carbocycles. The fraction of sp³-hybridized carbons (Fsp3) is 0.500. The first-order valence-electron chi connectivity index (χ1n) is 6.80. The quantitative estimate of drug-likeness (QED) is 0.602. The van der Waals surface area contributed by atoms with Crippen molar-refractivity contribution in [3.05, 3.63) is 27.5 Å². The fourth-order valence-electron chi connectivity index (χ4n) is 2.36. The highest BCUT2D eigenvalue weighted by molar-refractivity contribution is 9.10. The lowest BCUT2D eigenvalue weighted by Gasteiger charge is -2.31. The molecule has 1 saturated heterocycles. The molecular weight excluding hydrogens is 360 g/mol. The molecular formula is C14H16BrClN2O3. The van der Waals surface area contributed by atoms with Gasteiger partial charge in [-0.05, 0) is 41.8 Å². The van der Waals surface area contributed by atoms with Crippen LogP contribution in [-0.4, -0.2) is 41.5 Å². The first kappa shape index (κ1) is 16.2. The highest BCUT2D eigenvalue weighted by Gasteiger charge is 2.30. The molecule has 1 unspecified atom stereocenters. The summed E-state index contributed by atoms with van der Waals surface area (Å²) in [5, 5.41) is 0.168. The summed E-state index contributed by atoms with van der Waals surface area (Å²) >= 11 is 9.27. The number of esters is 1. The first-order chi connectivity index (χ1) is 10.0. The maximum Gasteiger partial charge on any atom is 0.310 e. The molecule has 1 aromatic heterocycles. The summed E-state index contributed by atoms with van der Waals surface area (Å²) in [5.74, 6) is -0.710. The largest absolute Gasteiger partial charge is 0.466 e. The molecule has 0 aromatic carbocycles. The van der Waals surface area contributed by atoms with Crippen LogP contribution >= 0.6 is 27.5 Å². The SMILES string of the molecule is CCOC(=O)C1CCCN(C(=O)c2cc(Br)cnc2Cl)C1. The second kappa shape index (κ2) is 7.22. The Labute approximate surface area is 136 Å². The van der Waals surface area contributed by atoms with E-state index in [2.05, 4.69) is 20.9 Å². The average Bonchev–Trinajstić information content (AvgIpc) is 2.49. The number of aromatic nitrogens is 1. The Bertz CT molecular complexity index is 553. The summed E-state index contributed by atoms with van der Waals surface area (Å²) in [6.45, 7) is 3.10. The van der Waals surface area contributed by atoms with Gasteiger partial charge in [0.15, 0.2) is 0 Å². The molecule has 0 spiro atoms. The van der Waals surface area contributed by atoms with Gasteiger partial charge in [0.05, 0.1) is 18.1 Å². The zero-order valence-electron chi connectivity index (χ0n) is 11.6. The van der Waals surface area contributed by atoms with Gasteiger partial charge in [0.1, 0.15) is 5.15 Å². The number of nitrogens with zero attached hydrogens (tertiary/aromatic N) is 2. The van der Waals surface area contributed by atoms with Gasteiger partial charge >= 0.3 is 5.97 Å². The topological polar surface area (TPSA) is 59.5 Å². The van der Waals surface area contributed by atoms with Crippen molar-refractivity contribution >= 4 is 39.4 Å². The standard InChI is InChI=1S/C14H16BrClN2O3/c1-2-21-14(20)9-4-3-5-18(8-9)13(19)11-6-10(15)7-17-12(11)16/h6-7,9H,2-5,8H2,1H3. The number of likely N-dealkylation sites (tertiary alicyclic amines) is 1. The lowest BCUT2D eigenvalue weighted by molar-refractivity contribution is -0.149. The van der Waals surface area contributed by atoms with Crippen molar-refractivity contribution in [1.82, 2.24) is 9.88 Å². The summed E-state index contributed by atoms with van der Waals surface area (Å²) in [7, 11) is 0. The van der Waals surface area contributed by atoms with Crippen molar-refractivity contribution in [3.8, 4) is 0 Å². The minimum Gasteiger partial charge on any atom is -0.466 e. The summed E-state index contributed by atoms with van der Waals surface area (Å²) in [6.07, 6.45) is 3.05. The van der Waals surface area contributed by atoms with Gasteiger partial charge in [0.2, 0.25) is 0 Å². The minimum atomic E-state index is -0.262. The van der Waals surface area contributed by atoms with E-state index >= 15 is 0 Å². The Balaban J connectivity index is 2.12. The number of hydrogen-bond acceptors (Lipinski definition) is 4. The Kier molecular flexibility index (Phi) is 5.58. The fourth-order valence-corrected chi connectivity index (χ4v) is 2.87.